The largest absolute Gasteiger partial charge is 0.309 e. The third-order valence-corrected chi connectivity index (χ3v) is 11.4. The van der Waals surface area contributed by atoms with Crippen molar-refractivity contribution in [3.05, 3.63) is 187 Å². The molecule has 7 aromatic carbocycles. The molecule has 0 aliphatic carbocycles. The predicted octanol–water partition coefficient (Wildman–Crippen LogP) is 12.8. The molecule has 0 fully saturated rings. The molecule has 55 heavy (non-hydrogen) atoms. The topological polar surface area (TPSA) is 48.5 Å². The van der Waals surface area contributed by atoms with Crippen LogP contribution in [0.15, 0.2) is 187 Å². The Bertz CT molecular complexity index is 3140. The second-order valence-corrected chi connectivity index (χ2v) is 14.6. The number of aromatic nitrogens is 5. The van der Waals surface area contributed by atoms with Gasteiger partial charge in [-0.05, 0) is 71.1 Å². The lowest BCUT2D eigenvalue weighted by Crippen LogP contribution is -2.00. The van der Waals surface area contributed by atoms with Gasteiger partial charge in [-0.1, -0.05) is 127 Å². The maximum atomic E-state index is 5.00. The van der Waals surface area contributed by atoms with E-state index in [9.17, 15) is 0 Å². The van der Waals surface area contributed by atoms with Gasteiger partial charge in [0.15, 0.2) is 17.5 Å². The Balaban J connectivity index is 1.07. The van der Waals surface area contributed by atoms with Crippen LogP contribution in [0.5, 0.6) is 0 Å². The zero-order valence-electron chi connectivity index (χ0n) is 29.5. The molecule has 0 saturated heterocycles. The Kier molecular flexibility index (Phi) is 7.28. The van der Waals surface area contributed by atoms with E-state index in [-0.39, 0.29) is 0 Å². The number of rotatable bonds is 6. The Morgan fingerprint density at radius 2 is 0.855 bits per heavy atom. The SMILES string of the molecule is c1ccc(-c2nc(-c3ccccc3)nc(-c3cccc(-c4cccc(-n5c6ccccc6c6cc7c8sccc8n(-c8ccccc8)c7cc65)c4)c3)n2)cc1. The highest BCUT2D eigenvalue weighted by atomic mass is 32.1. The first-order valence-electron chi connectivity index (χ1n) is 18.4. The molecule has 0 amide bonds. The van der Waals surface area contributed by atoms with E-state index in [4.69, 9.17) is 15.0 Å². The molecule has 0 bridgehead atoms. The van der Waals surface area contributed by atoms with Crippen molar-refractivity contribution in [1.29, 1.82) is 0 Å². The summed E-state index contributed by atoms with van der Waals surface area (Å²) in [4.78, 5) is 14.9. The van der Waals surface area contributed by atoms with Crippen molar-refractivity contribution < 1.29 is 0 Å². The molecule has 258 valence electrons. The molecule has 5 nitrogen and oxygen atoms in total. The summed E-state index contributed by atoms with van der Waals surface area (Å²) < 4.78 is 6.13. The number of benzene rings is 7. The van der Waals surface area contributed by atoms with Crippen molar-refractivity contribution >= 4 is 54.3 Å². The minimum atomic E-state index is 0.637. The molecule has 0 radical (unpaired) electrons. The number of hydrogen-bond acceptors (Lipinski definition) is 4. The highest BCUT2D eigenvalue weighted by molar-refractivity contribution is 7.18. The molecular weight excluding hydrogens is 691 g/mol. The van der Waals surface area contributed by atoms with E-state index in [0.717, 1.165) is 39.2 Å². The first kappa shape index (κ1) is 31.4. The third kappa shape index (κ3) is 5.26. The van der Waals surface area contributed by atoms with Crippen LogP contribution in [0.25, 0.3) is 99.6 Å². The van der Waals surface area contributed by atoms with E-state index in [1.807, 2.05) is 72.0 Å². The molecule has 11 aromatic rings. The van der Waals surface area contributed by atoms with E-state index in [1.54, 1.807) is 0 Å². The molecule has 0 N–H and O–H groups in total. The Morgan fingerprint density at radius 1 is 0.327 bits per heavy atom. The van der Waals surface area contributed by atoms with Gasteiger partial charge in [0.05, 0.1) is 26.8 Å². The van der Waals surface area contributed by atoms with Gasteiger partial charge >= 0.3 is 0 Å². The standard InChI is InChI=1S/C49H31N5S/c1-4-14-32(15-5-1)47-50-48(33-16-6-2-7-17-33)52-49(51-47)36-20-12-18-34(28-36)35-19-13-23-38(29-35)54-42-25-11-10-24-39(42)40-30-41-45(31-44(40)54)53(37-21-8-3-9-22-37)43-26-27-55-46(41)43/h1-31H. The van der Waals surface area contributed by atoms with Crippen LogP contribution in [-0.4, -0.2) is 24.1 Å². The lowest BCUT2D eigenvalue weighted by atomic mass is 10.0. The molecular formula is C49H31N5S. The Hall–Kier alpha value is -7.15. The van der Waals surface area contributed by atoms with Gasteiger partial charge in [-0.3, -0.25) is 0 Å². The summed E-state index contributed by atoms with van der Waals surface area (Å²) in [5, 5.41) is 5.96. The number of nitrogens with zero attached hydrogens (tertiary/aromatic N) is 5. The summed E-state index contributed by atoms with van der Waals surface area (Å²) in [5.74, 6) is 1.93. The zero-order valence-corrected chi connectivity index (χ0v) is 30.4. The summed E-state index contributed by atoms with van der Waals surface area (Å²) in [6, 6.07) is 64.0. The molecule has 0 unspecified atom stereocenters. The first-order valence-corrected chi connectivity index (χ1v) is 19.2. The number of hydrogen-bond donors (Lipinski definition) is 0. The van der Waals surface area contributed by atoms with Crippen LogP contribution < -0.4 is 0 Å². The molecule has 0 spiro atoms. The van der Waals surface area contributed by atoms with E-state index >= 15 is 0 Å². The average molecular weight is 722 g/mol. The highest BCUT2D eigenvalue weighted by Gasteiger charge is 2.20. The van der Waals surface area contributed by atoms with Crippen LogP contribution in [0.4, 0.5) is 0 Å². The van der Waals surface area contributed by atoms with E-state index in [0.29, 0.717) is 17.5 Å². The van der Waals surface area contributed by atoms with Gasteiger partial charge in [-0.2, -0.15) is 0 Å². The van der Waals surface area contributed by atoms with Gasteiger partial charge in [-0.15, -0.1) is 11.3 Å². The van der Waals surface area contributed by atoms with Crippen molar-refractivity contribution in [2.45, 2.75) is 0 Å². The minimum Gasteiger partial charge on any atom is -0.309 e. The molecule has 4 aromatic heterocycles. The highest BCUT2D eigenvalue weighted by Crippen LogP contribution is 2.41. The van der Waals surface area contributed by atoms with Crippen LogP contribution in [0.1, 0.15) is 0 Å². The minimum absolute atomic E-state index is 0.637. The van der Waals surface area contributed by atoms with Gasteiger partial charge < -0.3 is 9.13 Å². The lowest BCUT2D eigenvalue weighted by Gasteiger charge is -2.12. The molecule has 0 saturated carbocycles. The van der Waals surface area contributed by atoms with Gasteiger partial charge in [0.1, 0.15) is 0 Å². The summed E-state index contributed by atoms with van der Waals surface area (Å²) in [7, 11) is 0. The fourth-order valence-electron chi connectivity index (χ4n) is 7.91. The maximum Gasteiger partial charge on any atom is 0.164 e. The fraction of sp³-hybridized carbons (Fsp3) is 0. The summed E-state index contributed by atoms with van der Waals surface area (Å²) in [6.45, 7) is 0. The third-order valence-electron chi connectivity index (χ3n) is 10.4. The first-order chi connectivity index (χ1) is 27.3. The van der Waals surface area contributed by atoms with Crippen LogP contribution >= 0.6 is 11.3 Å². The number of thiophene rings is 1. The smallest absolute Gasteiger partial charge is 0.164 e. The quantitative estimate of drug-likeness (QED) is 0.172. The average Bonchev–Trinajstić information content (AvgIpc) is 3.95. The van der Waals surface area contributed by atoms with Crippen LogP contribution in [-0.2, 0) is 0 Å². The summed E-state index contributed by atoms with van der Waals surface area (Å²) >= 11 is 1.81. The summed E-state index contributed by atoms with van der Waals surface area (Å²) in [6.07, 6.45) is 0. The second kappa shape index (κ2) is 12.8. The molecule has 11 rings (SSSR count). The van der Waals surface area contributed by atoms with E-state index < -0.39 is 0 Å². The van der Waals surface area contributed by atoms with Crippen molar-refractivity contribution in [3.63, 3.8) is 0 Å². The molecule has 0 aliphatic rings. The second-order valence-electron chi connectivity index (χ2n) is 13.7. The van der Waals surface area contributed by atoms with Gasteiger partial charge in [0.2, 0.25) is 0 Å². The van der Waals surface area contributed by atoms with Gasteiger partial charge in [0.25, 0.3) is 0 Å². The normalized spacial score (nSPS) is 11.6. The monoisotopic (exact) mass is 721 g/mol. The van der Waals surface area contributed by atoms with Crippen LogP contribution in [0.2, 0.25) is 0 Å². The maximum absolute atomic E-state index is 5.00. The molecule has 0 aliphatic heterocycles. The fourth-order valence-corrected chi connectivity index (χ4v) is 8.82. The molecule has 4 heterocycles. The Morgan fingerprint density at radius 3 is 1.58 bits per heavy atom. The molecule has 6 heteroatoms. The van der Waals surface area contributed by atoms with Crippen molar-refractivity contribution in [3.8, 4) is 56.7 Å². The molecule has 0 atom stereocenters. The van der Waals surface area contributed by atoms with Gasteiger partial charge in [-0.25, -0.2) is 15.0 Å². The van der Waals surface area contributed by atoms with E-state index in [1.165, 1.54) is 42.9 Å². The van der Waals surface area contributed by atoms with Crippen LogP contribution in [0, 0.1) is 0 Å². The van der Waals surface area contributed by atoms with Crippen molar-refractivity contribution in [1.82, 2.24) is 24.1 Å². The summed E-state index contributed by atoms with van der Waals surface area (Å²) in [5.41, 5.74) is 12.1. The predicted molar refractivity (Wildman–Crippen MR) is 228 cm³/mol. The van der Waals surface area contributed by atoms with Crippen molar-refractivity contribution in [2.24, 2.45) is 0 Å². The van der Waals surface area contributed by atoms with Crippen molar-refractivity contribution in [2.75, 3.05) is 0 Å². The van der Waals surface area contributed by atoms with Crippen LogP contribution in [0.3, 0.4) is 0 Å². The number of fused-ring (bicyclic) bond motifs is 6. The Labute approximate surface area is 321 Å². The van der Waals surface area contributed by atoms with E-state index in [2.05, 4.69) is 136 Å². The zero-order chi connectivity index (χ0) is 36.3. The number of para-hydroxylation sites is 2. The van der Waals surface area contributed by atoms with Gasteiger partial charge in [0, 0.05) is 44.2 Å². The lowest BCUT2D eigenvalue weighted by molar-refractivity contribution is 1.07.